The summed E-state index contributed by atoms with van der Waals surface area (Å²) in [4.78, 5) is 5.46. The van der Waals surface area contributed by atoms with E-state index in [9.17, 15) is 0 Å². The van der Waals surface area contributed by atoms with Crippen LogP contribution < -0.4 is 15.8 Å². The molecular weight excluding hydrogens is 258 g/mol. The van der Waals surface area contributed by atoms with Gasteiger partial charge in [0.1, 0.15) is 5.75 Å². The van der Waals surface area contributed by atoms with E-state index in [2.05, 4.69) is 10.3 Å². The highest BCUT2D eigenvalue weighted by atomic mass is 32.1. The number of hydrogen-bond donors (Lipinski definition) is 2. The van der Waals surface area contributed by atoms with Gasteiger partial charge in [0.2, 0.25) is 0 Å². The van der Waals surface area contributed by atoms with E-state index in [1.165, 1.54) is 4.88 Å². The van der Waals surface area contributed by atoms with Crippen molar-refractivity contribution in [3.05, 3.63) is 34.3 Å². The molecule has 0 saturated carbocycles. The number of rotatable bonds is 5. The number of nitrogens with zero attached hydrogens (tertiary/aromatic N) is 1. The Labute approximate surface area is 117 Å². The van der Waals surface area contributed by atoms with Crippen LogP contribution in [0.3, 0.4) is 0 Å². The second-order valence-electron chi connectivity index (χ2n) is 4.67. The van der Waals surface area contributed by atoms with Crippen molar-refractivity contribution < 1.29 is 4.74 Å². The Hall–Kier alpha value is -1.75. The summed E-state index contributed by atoms with van der Waals surface area (Å²) in [5.74, 6) is 0.790. The maximum absolute atomic E-state index is 5.88. The fourth-order valence-electron chi connectivity index (χ4n) is 1.74. The highest BCUT2D eigenvalue weighted by Crippen LogP contribution is 2.24. The molecule has 0 atom stereocenters. The Balaban J connectivity index is 2.07. The molecule has 0 spiro atoms. The van der Waals surface area contributed by atoms with Gasteiger partial charge < -0.3 is 15.8 Å². The summed E-state index contributed by atoms with van der Waals surface area (Å²) in [5.41, 5.74) is 10.5. The van der Waals surface area contributed by atoms with E-state index in [-0.39, 0.29) is 6.10 Å². The molecule has 19 heavy (non-hydrogen) atoms. The van der Waals surface area contributed by atoms with Crippen LogP contribution in [0.5, 0.6) is 5.75 Å². The van der Waals surface area contributed by atoms with Crippen LogP contribution in [0.4, 0.5) is 11.4 Å². The number of anilines is 2. The molecular formula is C14H19N3OS. The predicted molar refractivity (Wildman–Crippen MR) is 80.8 cm³/mol. The molecule has 4 nitrogen and oxygen atoms in total. The van der Waals surface area contributed by atoms with Crippen molar-refractivity contribution in [2.24, 2.45) is 0 Å². The van der Waals surface area contributed by atoms with Gasteiger partial charge in [0.15, 0.2) is 0 Å². The Morgan fingerprint density at radius 3 is 2.79 bits per heavy atom. The van der Waals surface area contributed by atoms with Crippen LogP contribution in [-0.2, 0) is 6.54 Å². The lowest BCUT2D eigenvalue weighted by Gasteiger charge is -2.13. The standard InChI is InChI=1S/C14H19N3OS/c1-9(2)18-13-5-11(15)4-12(6-13)16-7-14-10(3)17-8-19-14/h4-6,8-9,16H,7,15H2,1-3H3. The molecule has 5 heteroatoms. The van der Waals surface area contributed by atoms with E-state index < -0.39 is 0 Å². The largest absolute Gasteiger partial charge is 0.491 e. The fourth-order valence-corrected chi connectivity index (χ4v) is 2.46. The Kier molecular flexibility index (Phi) is 4.27. The molecule has 2 aromatic rings. The van der Waals surface area contributed by atoms with Crippen LogP contribution in [0.15, 0.2) is 23.7 Å². The molecule has 3 N–H and O–H groups in total. The van der Waals surface area contributed by atoms with Crippen LogP contribution in [-0.4, -0.2) is 11.1 Å². The minimum atomic E-state index is 0.137. The number of nitrogen functional groups attached to an aromatic ring is 1. The molecule has 0 fully saturated rings. The van der Waals surface area contributed by atoms with Crippen LogP contribution in [0.1, 0.15) is 24.4 Å². The molecule has 0 bridgehead atoms. The third-order valence-electron chi connectivity index (χ3n) is 2.60. The van der Waals surface area contributed by atoms with E-state index in [0.717, 1.165) is 23.7 Å². The second-order valence-corrected chi connectivity index (χ2v) is 5.61. The quantitative estimate of drug-likeness (QED) is 0.822. The van der Waals surface area contributed by atoms with Gasteiger partial charge in [-0.25, -0.2) is 4.98 Å². The lowest BCUT2D eigenvalue weighted by Crippen LogP contribution is -2.07. The number of ether oxygens (including phenoxy) is 1. The van der Waals surface area contributed by atoms with Gasteiger partial charge in [0, 0.05) is 28.4 Å². The topological polar surface area (TPSA) is 60.2 Å². The first kappa shape index (κ1) is 13.7. The van der Waals surface area contributed by atoms with Gasteiger partial charge in [0.05, 0.1) is 23.9 Å². The highest BCUT2D eigenvalue weighted by molar-refractivity contribution is 7.09. The first-order valence-corrected chi connectivity index (χ1v) is 7.12. The molecule has 0 saturated heterocycles. The Morgan fingerprint density at radius 2 is 2.16 bits per heavy atom. The molecule has 0 aliphatic carbocycles. The van der Waals surface area contributed by atoms with E-state index in [0.29, 0.717) is 5.69 Å². The number of thiazole rings is 1. The summed E-state index contributed by atoms with van der Waals surface area (Å²) in [7, 11) is 0. The summed E-state index contributed by atoms with van der Waals surface area (Å²) >= 11 is 1.65. The van der Waals surface area contributed by atoms with Crippen LogP contribution in [0, 0.1) is 6.92 Å². The second kappa shape index (κ2) is 5.93. The van der Waals surface area contributed by atoms with Crippen molar-refractivity contribution in [2.45, 2.75) is 33.4 Å². The number of benzene rings is 1. The smallest absolute Gasteiger partial charge is 0.123 e. The number of aromatic nitrogens is 1. The molecule has 0 amide bonds. The summed E-state index contributed by atoms with van der Waals surface area (Å²) in [6.07, 6.45) is 0.137. The fraction of sp³-hybridized carbons (Fsp3) is 0.357. The molecule has 1 heterocycles. The zero-order chi connectivity index (χ0) is 13.8. The van der Waals surface area contributed by atoms with Crippen molar-refractivity contribution in [1.82, 2.24) is 4.98 Å². The number of aryl methyl sites for hydroxylation is 1. The molecule has 2 rings (SSSR count). The van der Waals surface area contributed by atoms with Gasteiger partial charge in [-0.05, 0) is 26.8 Å². The molecule has 1 aromatic carbocycles. The van der Waals surface area contributed by atoms with Gasteiger partial charge in [-0.3, -0.25) is 0 Å². The van der Waals surface area contributed by atoms with Crippen molar-refractivity contribution in [2.75, 3.05) is 11.1 Å². The van der Waals surface area contributed by atoms with Crippen molar-refractivity contribution in [3.63, 3.8) is 0 Å². The zero-order valence-corrected chi connectivity index (χ0v) is 12.3. The number of hydrogen-bond acceptors (Lipinski definition) is 5. The van der Waals surface area contributed by atoms with E-state index in [1.54, 1.807) is 11.3 Å². The van der Waals surface area contributed by atoms with Crippen molar-refractivity contribution >= 4 is 22.7 Å². The monoisotopic (exact) mass is 277 g/mol. The molecule has 1 aromatic heterocycles. The Morgan fingerprint density at radius 1 is 1.37 bits per heavy atom. The molecule has 0 radical (unpaired) electrons. The van der Waals surface area contributed by atoms with Crippen LogP contribution in [0.2, 0.25) is 0 Å². The van der Waals surface area contributed by atoms with Crippen molar-refractivity contribution in [3.8, 4) is 5.75 Å². The number of nitrogens with one attached hydrogen (secondary N) is 1. The summed E-state index contributed by atoms with van der Waals surface area (Å²) in [6, 6.07) is 5.71. The third kappa shape index (κ3) is 3.86. The van der Waals surface area contributed by atoms with Gasteiger partial charge in [-0.1, -0.05) is 0 Å². The minimum absolute atomic E-state index is 0.137. The van der Waals surface area contributed by atoms with Gasteiger partial charge >= 0.3 is 0 Å². The minimum Gasteiger partial charge on any atom is -0.491 e. The lowest BCUT2D eigenvalue weighted by molar-refractivity contribution is 0.242. The van der Waals surface area contributed by atoms with Gasteiger partial charge in [-0.15, -0.1) is 11.3 Å². The summed E-state index contributed by atoms with van der Waals surface area (Å²) in [6.45, 7) is 6.76. The molecule has 102 valence electrons. The van der Waals surface area contributed by atoms with Crippen molar-refractivity contribution in [1.29, 1.82) is 0 Å². The average molecular weight is 277 g/mol. The van der Waals surface area contributed by atoms with E-state index in [4.69, 9.17) is 10.5 Å². The first-order valence-electron chi connectivity index (χ1n) is 6.24. The maximum Gasteiger partial charge on any atom is 0.123 e. The first-order chi connectivity index (χ1) is 9.04. The SMILES string of the molecule is Cc1ncsc1CNc1cc(N)cc(OC(C)C)c1. The van der Waals surface area contributed by atoms with Crippen LogP contribution in [0.25, 0.3) is 0 Å². The average Bonchev–Trinajstić information content (AvgIpc) is 2.70. The number of nitrogens with two attached hydrogens (primary N) is 1. The van der Waals surface area contributed by atoms with E-state index in [1.807, 2.05) is 44.5 Å². The maximum atomic E-state index is 5.88. The summed E-state index contributed by atoms with van der Waals surface area (Å²) < 4.78 is 5.67. The summed E-state index contributed by atoms with van der Waals surface area (Å²) in [5, 5.41) is 3.35. The Bertz CT molecular complexity index is 551. The van der Waals surface area contributed by atoms with Gasteiger partial charge in [0.25, 0.3) is 0 Å². The third-order valence-corrected chi connectivity index (χ3v) is 3.53. The molecule has 0 aliphatic rings. The normalized spacial score (nSPS) is 10.7. The molecule has 0 aliphatic heterocycles. The van der Waals surface area contributed by atoms with Crippen LogP contribution >= 0.6 is 11.3 Å². The zero-order valence-electron chi connectivity index (χ0n) is 11.4. The van der Waals surface area contributed by atoms with E-state index >= 15 is 0 Å². The lowest BCUT2D eigenvalue weighted by atomic mass is 10.2. The molecule has 0 unspecified atom stereocenters. The predicted octanol–water partition coefficient (Wildman–Crippen LogP) is 3.43. The van der Waals surface area contributed by atoms with Gasteiger partial charge in [-0.2, -0.15) is 0 Å². The highest BCUT2D eigenvalue weighted by Gasteiger charge is 2.04.